The number of anilines is 2. The van der Waals surface area contributed by atoms with Crippen LogP contribution < -0.4 is 5.32 Å². The Balaban J connectivity index is 1.75. The number of aromatic nitrogens is 6. The summed E-state index contributed by atoms with van der Waals surface area (Å²) in [7, 11) is 0. The van der Waals surface area contributed by atoms with Gasteiger partial charge in [0.15, 0.2) is 5.65 Å². The van der Waals surface area contributed by atoms with E-state index in [9.17, 15) is 0 Å². The molecule has 0 atom stereocenters. The van der Waals surface area contributed by atoms with Crippen LogP contribution in [0.25, 0.3) is 11.3 Å². The maximum atomic E-state index is 4.46. The van der Waals surface area contributed by atoms with E-state index in [1.807, 2.05) is 54.3 Å². The van der Waals surface area contributed by atoms with E-state index in [2.05, 4.69) is 25.5 Å². The van der Waals surface area contributed by atoms with Crippen molar-refractivity contribution in [2.75, 3.05) is 5.32 Å². The second-order valence-corrected chi connectivity index (χ2v) is 4.87. The summed E-state index contributed by atoms with van der Waals surface area (Å²) in [5.74, 6) is 1.22. The van der Waals surface area contributed by atoms with Gasteiger partial charge < -0.3 is 5.32 Å². The minimum absolute atomic E-state index is 0.510. The Morgan fingerprint density at radius 2 is 2.09 bits per heavy atom. The number of nitrogens with one attached hydrogen (secondary N) is 1. The van der Waals surface area contributed by atoms with Crippen molar-refractivity contribution in [1.29, 1.82) is 0 Å². The summed E-state index contributed by atoms with van der Waals surface area (Å²) in [6, 6.07) is 9.51. The van der Waals surface area contributed by atoms with Crippen LogP contribution in [0.2, 0.25) is 0 Å². The molecule has 4 heterocycles. The number of hydrogen-bond donors (Lipinski definition) is 1. The molecule has 108 valence electrons. The van der Waals surface area contributed by atoms with Gasteiger partial charge in [-0.25, -0.2) is 14.2 Å². The molecule has 0 spiro atoms. The minimum atomic E-state index is 0.510. The van der Waals surface area contributed by atoms with Crippen molar-refractivity contribution < 1.29 is 0 Å². The average molecular weight is 291 g/mol. The topological polar surface area (TPSA) is 72.9 Å². The Morgan fingerprint density at radius 1 is 1.14 bits per heavy atom. The zero-order chi connectivity index (χ0) is 14.9. The number of rotatable bonds is 3. The van der Waals surface area contributed by atoms with Crippen LogP contribution in [0.4, 0.5) is 11.8 Å². The second-order valence-electron chi connectivity index (χ2n) is 4.87. The van der Waals surface area contributed by atoms with E-state index in [1.54, 1.807) is 16.9 Å². The molecule has 1 N–H and O–H groups in total. The van der Waals surface area contributed by atoms with Crippen molar-refractivity contribution in [1.82, 2.24) is 29.4 Å². The normalized spacial score (nSPS) is 11.0. The molecule has 7 heteroatoms. The van der Waals surface area contributed by atoms with Crippen molar-refractivity contribution in [2.45, 2.75) is 6.92 Å². The molecular formula is C15H13N7. The molecule has 0 aliphatic heterocycles. The molecule has 0 unspecified atom stereocenters. The molecule has 4 rings (SSSR count). The third-order valence-corrected chi connectivity index (χ3v) is 3.31. The third-order valence-electron chi connectivity index (χ3n) is 3.31. The molecule has 0 fully saturated rings. The quantitative estimate of drug-likeness (QED) is 0.627. The highest BCUT2D eigenvalue weighted by atomic mass is 15.4. The Morgan fingerprint density at radius 3 is 2.86 bits per heavy atom. The predicted octanol–water partition coefficient (Wildman–Crippen LogP) is 2.36. The van der Waals surface area contributed by atoms with E-state index in [0.29, 0.717) is 11.8 Å². The van der Waals surface area contributed by atoms with E-state index in [4.69, 9.17) is 0 Å². The lowest BCUT2D eigenvalue weighted by atomic mass is 10.2. The van der Waals surface area contributed by atoms with Gasteiger partial charge >= 0.3 is 0 Å². The number of pyridine rings is 2. The third kappa shape index (κ3) is 2.18. The van der Waals surface area contributed by atoms with Gasteiger partial charge in [0.25, 0.3) is 0 Å². The summed E-state index contributed by atoms with van der Waals surface area (Å²) in [6.07, 6.45) is 7.28. The molecule has 4 aromatic rings. The molecule has 22 heavy (non-hydrogen) atoms. The summed E-state index contributed by atoms with van der Waals surface area (Å²) < 4.78 is 3.54. The van der Waals surface area contributed by atoms with E-state index >= 15 is 0 Å². The maximum absolute atomic E-state index is 4.46. The fourth-order valence-electron chi connectivity index (χ4n) is 2.27. The molecule has 0 amide bonds. The SMILES string of the molecule is Cc1cc2nc(Nc3ccccn3)nn2cc1-n1cccn1. The fraction of sp³-hybridized carbons (Fsp3) is 0.0667. The lowest BCUT2D eigenvalue weighted by molar-refractivity contribution is 0.846. The first kappa shape index (κ1) is 12.5. The lowest BCUT2D eigenvalue weighted by Gasteiger charge is -2.05. The second kappa shape index (κ2) is 4.96. The van der Waals surface area contributed by atoms with Crippen molar-refractivity contribution in [3.8, 4) is 5.69 Å². The largest absolute Gasteiger partial charge is 0.307 e. The molecular weight excluding hydrogens is 278 g/mol. The highest BCUT2D eigenvalue weighted by molar-refractivity contribution is 5.55. The Hall–Kier alpha value is -3.22. The van der Waals surface area contributed by atoms with Crippen LogP contribution in [-0.4, -0.2) is 29.4 Å². The van der Waals surface area contributed by atoms with Gasteiger partial charge in [0.1, 0.15) is 5.82 Å². The average Bonchev–Trinajstić information content (AvgIpc) is 3.16. The molecule has 0 saturated carbocycles. The predicted molar refractivity (Wildman–Crippen MR) is 82.4 cm³/mol. The van der Waals surface area contributed by atoms with Crippen LogP contribution >= 0.6 is 0 Å². The van der Waals surface area contributed by atoms with E-state index < -0.39 is 0 Å². The first-order valence-electron chi connectivity index (χ1n) is 6.85. The molecule has 0 radical (unpaired) electrons. The lowest BCUT2D eigenvalue weighted by Crippen LogP contribution is -2.01. The van der Waals surface area contributed by atoms with Crippen molar-refractivity contribution in [3.63, 3.8) is 0 Å². The molecule has 0 saturated heterocycles. The highest BCUT2D eigenvalue weighted by Crippen LogP contribution is 2.17. The first-order chi connectivity index (χ1) is 10.8. The van der Waals surface area contributed by atoms with Crippen LogP contribution in [0.1, 0.15) is 5.56 Å². The van der Waals surface area contributed by atoms with E-state index in [0.717, 1.165) is 16.9 Å². The van der Waals surface area contributed by atoms with E-state index in [-0.39, 0.29) is 0 Å². The van der Waals surface area contributed by atoms with Gasteiger partial charge in [0.05, 0.1) is 11.9 Å². The smallest absolute Gasteiger partial charge is 0.248 e. The summed E-state index contributed by atoms with van der Waals surface area (Å²) in [4.78, 5) is 8.67. The van der Waals surface area contributed by atoms with Crippen LogP contribution in [0.3, 0.4) is 0 Å². The van der Waals surface area contributed by atoms with Gasteiger partial charge in [-0.1, -0.05) is 6.07 Å². The molecule has 0 aliphatic rings. The Kier molecular flexibility index (Phi) is 2.82. The molecule has 0 aromatic carbocycles. The summed E-state index contributed by atoms with van der Waals surface area (Å²) in [5, 5.41) is 11.8. The number of hydrogen-bond acceptors (Lipinski definition) is 5. The van der Waals surface area contributed by atoms with Gasteiger partial charge in [0.2, 0.25) is 5.95 Å². The zero-order valence-electron chi connectivity index (χ0n) is 11.9. The molecule has 7 nitrogen and oxygen atoms in total. The zero-order valence-corrected chi connectivity index (χ0v) is 11.9. The number of aryl methyl sites for hydroxylation is 1. The van der Waals surface area contributed by atoms with Crippen molar-refractivity contribution in [3.05, 3.63) is 60.7 Å². The summed E-state index contributed by atoms with van der Waals surface area (Å²) in [6.45, 7) is 2.03. The number of fused-ring (bicyclic) bond motifs is 1. The highest BCUT2D eigenvalue weighted by Gasteiger charge is 2.09. The Labute approximate surface area is 126 Å². The van der Waals surface area contributed by atoms with E-state index in [1.165, 1.54) is 0 Å². The number of nitrogens with zero attached hydrogens (tertiary/aromatic N) is 6. The van der Waals surface area contributed by atoms with Gasteiger partial charge in [0, 0.05) is 18.6 Å². The first-order valence-corrected chi connectivity index (χ1v) is 6.85. The monoisotopic (exact) mass is 291 g/mol. The maximum Gasteiger partial charge on any atom is 0.248 e. The van der Waals surface area contributed by atoms with Crippen LogP contribution in [0.15, 0.2) is 55.1 Å². The standard InChI is InChI=1S/C15H13N7/c1-11-9-14-19-15(18-13-5-2-3-6-16-13)20-22(14)10-12(11)21-8-4-7-17-21/h2-10H,1H3,(H,16,18,20). The van der Waals surface area contributed by atoms with Crippen molar-refractivity contribution in [2.24, 2.45) is 0 Å². The van der Waals surface area contributed by atoms with Gasteiger partial charge in [-0.2, -0.15) is 10.1 Å². The van der Waals surface area contributed by atoms with Crippen LogP contribution in [-0.2, 0) is 0 Å². The summed E-state index contributed by atoms with van der Waals surface area (Å²) in [5.41, 5.74) is 2.81. The van der Waals surface area contributed by atoms with Crippen LogP contribution in [0, 0.1) is 6.92 Å². The molecule has 0 aliphatic carbocycles. The molecule has 4 aromatic heterocycles. The van der Waals surface area contributed by atoms with Gasteiger partial charge in [-0.3, -0.25) is 0 Å². The fourth-order valence-corrected chi connectivity index (χ4v) is 2.27. The van der Waals surface area contributed by atoms with Gasteiger partial charge in [-0.15, -0.1) is 5.10 Å². The van der Waals surface area contributed by atoms with Crippen LogP contribution in [0.5, 0.6) is 0 Å². The minimum Gasteiger partial charge on any atom is -0.307 e. The van der Waals surface area contributed by atoms with Gasteiger partial charge in [-0.05, 0) is 36.8 Å². The van der Waals surface area contributed by atoms with Crippen molar-refractivity contribution >= 4 is 17.4 Å². The summed E-state index contributed by atoms with van der Waals surface area (Å²) >= 11 is 0. The Bertz CT molecular complexity index is 910. The molecule has 0 bridgehead atoms.